The molecular weight excluding hydrogens is 217 g/mol. The molecule has 3 heteroatoms. The molecule has 1 aromatic rings. The molecule has 0 saturated carbocycles. The van der Waals surface area contributed by atoms with Crippen LogP contribution in [-0.4, -0.2) is 23.0 Å². The van der Waals surface area contributed by atoms with Gasteiger partial charge in [0.15, 0.2) is 5.67 Å². The van der Waals surface area contributed by atoms with Gasteiger partial charge in [0.25, 0.3) is 5.91 Å². The van der Waals surface area contributed by atoms with Crippen molar-refractivity contribution < 1.29 is 9.18 Å². The molecule has 0 bridgehead atoms. The van der Waals surface area contributed by atoms with Crippen LogP contribution in [0.3, 0.4) is 0 Å². The molecule has 0 radical (unpaired) electrons. The summed E-state index contributed by atoms with van der Waals surface area (Å²) in [6, 6.07) is 9.66. The second-order valence-corrected chi connectivity index (χ2v) is 4.68. The first-order chi connectivity index (χ1) is 7.95. The summed E-state index contributed by atoms with van der Waals surface area (Å²) in [7, 11) is 0. The summed E-state index contributed by atoms with van der Waals surface area (Å²) in [4.78, 5) is 13.5. The van der Waals surface area contributed by atoms with Crippen molar-refractivity contribution in [1.29, 1.82) is 0 Å². The Morgan fingerprint density at radius 1 is 1.29 bits per heavy atom. The van der Waals surface area contributed by atoms with Crippen LogP contribution in [0.2, 0.25) is 0 Å². The second-order valence-electron chi connectivity index (χ2n) is 4.68. The fourth-order valence-corrected chi connectivity index (χ4v) is 1.70. The van der Waals surface area contributed by atoms with Crippen LogP contribution in [0.5, 0.6) is 0 Å². The topological polar surface area (TPSA) is 20.3 Å². The van der Waals surface area contributed by atoms with Crippen LogP contribution in [0.1, 0.15) is 32.8 Å². The van der Waals surface area contributed by atoms with Crippen LogP contribution in [-0.2, 0) is 11.3 Å². The van der Waals surface area contributed by atoms with E-state index < -0.39 is 11.6 Å². The number of hydrogen-bond acceptors (Lipinski definition) is 1. The van der Waals surface area contributed by atoms with E-state index in [9.17, 15) is 9.18 Å². The summed E-state index contributed by atoms with van der Waals surface area (Å²) in [6.07, 6.45) is 0.828. The van der Waals surface area contributed by atoms with Crippen molar-refractivity contribution in [2.24, 2.45) is 0 Å². The van der Waals surface area contributed by atoms with E-state index in [4.69, 9.17) is 0 Å². The van der Waals surface area contributed by atoms with E-state index in [0.29, 0.717) is 13.1 Å². The third-order valence-corrected chi connectivity index (χ3v) is 2.51. The van der Waals surface area contributed by atoms with E-state index in [0.717, 1.165) is 12.0 Å². The van der Waals surface area contributed by atoms with Crippen molar-refractivity contribution in [2.75, 3.05) is 6.54 Å². The zero-order valence-electron chi connectivity index (χ0n) is 10.7. The minimum absolute atomic E-state index is 0.441. The molecule has 0 heterocycles. The molecule has 1 amide bonds. The predicted molar refractivity (Wildman–Crippen MR) is 67.3 cm³/mol. The number of nitrogens with zero attached hydrogens (tertiary/aromatic N) is 1. The van der Waals surface area contributed by atoms with Crippen LogP contribution < -0.4 is 0 Å². The normalized spacial score (nSPS) is 11.3. The Balaban J connectivity index is 2.77. The quantitative estimate of drug-likeness (QED) is 0.770. The average molecular weight is 237 g/mol. The predicted octanol–water partition coefficient (Wildman–Crippen LogP) is 3.17. The molecule has 0 spiro atoms. The van der Waals surface area contributed by atoms with E-state index in [1.165, 1.54) is 13.8 Å². The maximum atomic E-state index is 13.7. The molecule has 0 saturated heterocycles. The van der Waals surface area contributed by atoms with Gasteiger partial charge in [-0.15, -0.1) is 0 Å². The zero-order valence-corrected chi connectivity index (χ0v) is 10.7. The molecule has 17 heavy (non-hydrogen) atoms. The monoisotopic (exact) mass is 237 g/mol. The van der Waals surface area contributed by atoms with Crippen molar-refractivity contribution in [3.63, 3.8) is 0 Å². The summed E-state index contributed by atoms with van der Waals surface area (Å²) in [5.41, 5.74) is -0.775. The Morgan fingerprint density at radius 3 is 2.35 bits per heavy atom. The lowest BCUT2D eigenvalue weighted by atomic mass is 10.1. The van der Waals surface area contributed by atoms with Gasteiger partial charge in [0, 0.05) is 13.1 Å². The number of carbonyl (C=O) groups is 1. The Morgan fingerprint density at radius 2 is 1.88 bits per heavy atom. The fraction of sp³-hybridized carbons (Fsp3) is 0.500. The highest BCUT2D eigenvalue weighted by Gasteiger charge is 2.31. The van der Waals surface area contributed by atoms with Crippen LogP contribution in [0.15, 0.2) is 30.3 Å². The van der Waals surface area contributed by atoms with Crippen LogP contribution in [0.25, 0.3) is 0 Å². The largest absolute Gasteiger partial charge is 0.336 e. The second kappa shape index (κ2) is 5.80. The molecule has 0 aliphatic heterocycles. The number of hydrogen-bond donors (Lipinski definition) is 0. The van der Waals surface area contributed by atoms with E-state index in [-0.39, 0.29) is 0 Å². The Kier molecular flexibility index (Phi) is 4.67. The number of halogens is 1. The molecule has 0 N–H and O–H groups in total. The van der Waals surface area contributed by atoms with Gasteiger partial charge in [0.1, 0.15) is 0 Å². The van der Waals surface area contributed by atoms with Gasteiger partial charge in [0.2, 0.25) is 0 Å². The molecule has 2 nitrogen and oxygen atoms in total. The van der Waals surface area contributed by atoms with Crippen LogP contribution >= 0.6 is 0 Å². The number of carbonyl (C=O) groups excluding carboxylic acids is 1. The number of benzene rings is 1. The van der Waals surface area contributed by atoms with Gasteiger partial charge in [0.05, 0.1) is 0 Å². The fourth-order valence-electron chi connectivity index (χ4n) is 1.70. The summed E-state index contributed by atoms with van der Waals surface area (Å²) < 4.78 is 13.7. The maximum Gasteiger partial charge on any atom is 0.259 e. The lowest BCUT2D eigenvalue weighted by molar-refractivity contribution is -0.142. The average Bonchev–Trinajstić information content (AvgIpc) is 2.28. The summed E-state index contributed by atoms with van der Waals surface area (Å²) in [6.45, 7) is 5.66. The standard InChI is InChI=1S/C14H20FNO/c1-4-10-16(13(17)14(2,3)15)11-12-8-6-5-7-9-12/h5-9H,4,10-11H2,1-3H3. The first-order valence-corrected chi connectivity index (χ1v) is 5.97. The smallest absolute Gasteiger partial charge is 0.259 e. The van der Waals surface area contributed by atoms with Crippen molar-refractivity contribution in [3.05, 3.63) is 35.9 Å². The lowest BCUT2D eigenvalue weighted by Crippen LogP contribution is -2.42. The highest BCUT2D eigenvalue weighted by molar-refractivity contribution is 5.84. The van der Waals surface area contributed by atoms with E-state index in [1.54, 1.807) is 4.90 Å². The van der Waals surface area contributed by atoms with Crippen molar-refractivity contribution in [3.8, 4) is 0 Å². The van der Waals surface area contributed by atoms with Gasteiger partial charge in [-0.3, -0.25) is 4.79 Å². The van der Waals surface area contributed by atoms with Crippen LogP contribution in [0.4, 0.5) is 4.39 Å². The summed E-state index contributed by atoms with van der Waals surface area (Å²) in [5.74, 6) is -0.441. The highest BCUT2D eigenvalue weighted by atomic mass is 19.1. The number of rotatable bonds is 5. The Hall–Kier alpha value is -1.38. The van der Waals surface area contributed by atoms with E-state index in [1.807, 2.05) is 37.3 Å². The Bertz CT molecular complexity index is 356. The minimum atomic E-state index is -1.80. The first-order valence-electron chi connectivity index (χ1n) is 5.97. The number of amides is 1. The Labute approximate surface area is 102 Å². The molecule has 0 fully saturated rings. The van der Waals surface area contributed by atoms with Crippen molar-refractivity contribution in [1.82, 2.24) is 4.90 Å². The SMILES string of the molecule is CCCN(Cc1ccccc1)C(=O)C(C)(C)F. The van der Waals surface area contributed by atoms with Gasteiger partial charge >= 0.3 is 0 Å². The van der Waals surface area contributed by atoms with Gasteiger partial charge < -0.3 is 4.90 Å². The van der Waals surface area contributed by atoms with Gasteiger partial charge in [-0.2, -0.15) is 0 Å². The molecule has 1 aromatic carbocycles. The minimum Gasteiger partial charge on any atom is -0.336 e. The van der Waals surface area contributed by atoms with Gasteiger partial charge in [-0.05, 0) is 25.8 Å². The third kappa shape index (κ3) is 4.17. The number of alkyl halides is 1. The molecule has 0 aromatic heterocycles. The van der Waals surface area contributed by atoms with E-state index in [2.05, 4.69) is 0 Å². The van der Waals surface area contributed by atoms with Gasteiger partial charge in [-0.1, -0.05) is 37.3 Å². The maximum absolute atomic E-state index is 13.7. The molecule has 0 aliphatic carbocycles. The third-order valence-electron chi connectivity index (χ3n) is 2.51. The summed E-state index contributed by atoms with van der Waals surface area (Å²) >= 11 is 0. The molecule has 0 unspecified atom stereocenters. The van der Waals surface area contributed by atoms with Crippen LogP contribution in [0, 0.1) is 0 Å². The summed E-state index contributed by atoms with van der Waals surface area (Å²) in [5, 5.41) is 0. The lowest BCUT2D eigenvalue weighted by Gasteiger charge is -2.27. The van der Waals surface area contributed by atoms with Crippen molar-refractivity contribution in [2.45, 2.75) is 39.4 Å². The molecule has 94 valence electrons. The van der Waals surface area contributed by atoms with Gasteiger partial charge in [-0.25, -0.2) is 4.39 Å². The van der Waals surface area contributed by atoms with Crippen molar-refractivity contribution >= 4 is 5.91 Å². The first kappa shape index (κ1) is 13.7. The molecule has 1 rings (SSSR count). The zero-order chi connectivity index (χ0) is 12.9. The molecule has 0 atom stereocenters. The highest BCUT2D eigenvalue weighted by Crippen LogP contribution is 2.16. The molecular formula is C14H20FNO. The van der Waals surface area contributed by atoms with E-state index >= 15 is 0 Å². The molecule has 0 aliphatic rings.